The highest BCUT2D eigenvalue weighted by Crippen LogP contribution is 2.53. The summed E-state index contributed by atoms with van der Waals surface area (Å²) in [5.74, 6) is 0. The second-order valence-corrected chi connectivity index (χ2v) is 23.4. The van der Waals surface area contributed by atoms with E-state index in [-0.39, 0.29) is 0 Å². The van der Waals surface area contributed by atoms with E-state index >= 15 is 0 Å². The van der Waals surface area contributed by atoms with Crippen LogP contribution < -0.4 is 0 Å². The first-order chi connectivity index (χ1) is 40.6. The standard InChI is InChI=1S/C76H42N4S2/c77-43-63-69(53-29-27-47-19-7-9-21-49(47)39-53)64(44-78)72(80-66-26-14-12-24-56(66)58-34-36-60-62-42-52(46-17-5-2-6-18-46)32-38-68(62)82-76(60)74(58)80)70(54-30-28-48-20-8-10-22-50(48)40-54)71(63)79-65-25-13-11-23-55(65)57-33-35-59-61-41-51(45-15-3-1-4-16-45)31-37-67(61)81-75(59)73(57)79/h1-42H. The topological polar surface area (TPSA) is 57.4 Å². The van der Waals surface area contributed by atoms with Crippen molar-refractivity contribution in [3.8, 4) is 68.0 Å². The summed E-state index contributed by atoms with van der Waals surface area (Å²) in [6.07, 6.45) is 0. The van der Waals surface area contributed by atoms with Gasteiger partial charge in [-0.3, -0.25) is 0 Å². The lowest BCUT2D eigenvalue weighted by atomic mass is 9.85. The molecule has 17 aromatic rings. The fraction of sp³-hybridized carbons (Fsp3) is 0. The van der Waals surface area contributed by atoms with E-state index in [0.29, 0.717) is 16.7 Å². The Hall–Kier alpha value is -10.6. The van der Waals surface area contributed by atoms with Gasteiger partial charge in [0.2, 0.25) is 0 Å². The van der Waals surface area contributed by atoms with Crippen LogP contribution in [0.25, 0.3) is 161 Å². The Balaban J connectivity index is 1.10. The molecular weight excluding hydrogens is 1030 g/mol. The highest BCUT2D eigenvalue weighted by Gasteiger charge is 2.33. The van der Waals surface area contributed by atoms with Gasteiger partial charge in [0.25, 0.3) is 0 Å². The summed E-state index contributed by atoms with van der Waals surface area (Å²) in [5, 5.41) is 38.2. The lowest BCUT2D eigenvalue weighted by Gasteiger charge is -2.26. The SMILES string of the molecule is N#Cc1c(-c2ccc3ccccc3c2)c(C#N)c(-n2c3ccccc3c3ccc4c5cc(-c6ccccc6)ccc5sc4c32)c(-c2ccc3ccccc3c2)c1-n1c2ccccc2c2ccc3c4cc(-c5ccccc5)ccc4sc3c21. The molecular formula is C76H42N4S2. The van der Waals surface area contributed by atoms with E-state index in [1.54, 1.807) is 22.7 Å². The molecule has 0 aliphatic rings. The number of nitrogens with zero attached hydrogens (tertiary/aromatic N) is 4. The molecule has 0 N–H and O–H groups in total. The van der Waals surface area contributed by atoms with Gasteiger partial charge in [0.1, 0.15) is 12.1 Å². The summed E-state index contributed by atoms with van der Waals surface area (Å²) in [6, 6.07) is 96.9. The molecule has 378 valence electrons. The van der Waals surface area contributed by atoms with E-state index < -0.39 is 0 Å². The first-order valence-electron chi connectivity index (χ1n) is 27.5. The summed E-state index contributed by atoms with van der Waals surface area (Å²) < 4.78 is 9.40. The molecule has 13 aromatic carbocycles. The Kier molecular flexibility index (Phi) is 10.1. The Bertz CT molecular complexity index is 5400. The van der Waals surface area contributed by atoms with Gasteiger partial charge in [-0.05, 0) is 103 Å². The number of rotatable bonds is 6. The van der Waals surface area contributed by atoms with Crippen molar-refractivity contribution in [2.75, 3.05) is 0 Å². The minimum Gasteiger partial charge on any atom is -0.306 e. The van der Waals surface area contributed by atoms with E-state index in [4.69, 9.17) is 0 Å². The zero-order valence-electron chi connectivity index (χ0n) is 43.9. The normalized spacial score (nSPS) is 11.9. The van der Waals surface area contributed by atoms with Gasteiger partial charge in [-0.25, -0.2) is 0 Å². The van der Waals surface area contributed by atoms with Gasteiger partial charge in [0, 0.05) is 63.6 Å². The van der Waals surface area contributed by atoms with Crippen LogP contribution in [-0.2, 0) is 0 Å². The highest BCUT2D eigenvalue weighted by molar-refractivity contribution is 7.27. The maximum atomic E-state index is 12.5. The quantitative estimate of drug-likeness (QED) is 0.167. The van der Waals surface area contributed by atoms with Crippen LogP contribution in [0.3, 0.4) is 0 Å². The van der Waals surface area contributed by atoms with Crippen LogP contribution >= 0.6 is 22.7 Å². The second-order valence-electron chi connectivity index (χ2n) is 21.3. The van der Waals surface area contributed by atoms with Crippen LogP contribution in [0, 0.1) is 22.7 Å². The lowest BCUT2D eigenvalue weighted by Crippen LogP contribution is -2.11. The number of hydrogen-bond acceptors (Lipinski definition) is 4. The van der Waals surface area contributed by atoms with Crippen molar-refractivity contribution in [1.29, 1.82) is 10.5 Å². The maximum absolute atomic E-state index is 12.5. The number of benzene rings is 13. The van der Waals surface area contributed by atoms with Gasteiger partial charge in [-0.1, -0.05) is 206 Å². The Labute approximate surface area is 478 Å². The molecule has 6 heteroatoms. The maximum Gasteiger partial charge on any atom is 0.102 e. The van der Waals surface area contributed by atoms with Gasteiger partial charge in [0.15, 0.2) is 0 Å². The summed E-state index contributed by atoms with van der Waals surface area (Å²) in [7, 11) is 0. The first kappa shape index (κ1) is 46.3. The van der Waals surface area contributed by atoms with Gasteiger partial charge in [-0.15, -0.1) is 22.7 Å². The summed E-state index contributed by atoms with van der Waals surface area (Å²) in [4.78, 5) is 0. The predicted molar refractivity (Wildman–Crippen MR) is 347 cm³/mol. The van der Waals surface area contributed by atoms with Crippen LogP contribution in [0.2, 0.25) is 0 Å². The largest absolute Gasteiger partial charge is 0.306 e. The number of para-hydroxylation sites is 2. The number of nitriles is 2. The fourth-order valence-corrected chi connectivity index (χ4v) is 15.7. The van der Waals surface area contributed by atoms with Crippen molar-refractivity contribution in [3.63, 3.8) is 0 Å². The van der Waals surface area contributed by atoms with Crippen LogP contribution in [0.5, 0.6) is 0 Å². The number of thiophene rings is 2. The highest BCUT2D eigenvalue weighted by atomic mass is 32.1. The van der Waals surface area contributed by atoms with Crippen molar-refractivity contribution in [2.45, 2.75) is 0 Å². The molecule has 0 spiro atoms. The van der Waals surface area contributed by atoms with Crippen molar-refractivity contribution in [2.24, 2.45) is 0 Å². The zero-order chi connectivity index (χ0) is 54.2. The van der Waals surface area contributed by atoms with Crippen molar-refractivity contribution >= 4 is 128 Å². The molecule has 0 radical (unpaired) electrons. The Morgan fingerprint density at radius 3 is 1.13 bits per heavy atom. The Morgan fingerprint density at radius 1 is 0.280 bits per heavy atom. The fourth-order valence-electron chi connectivity index (χ4n) is 13.3. The Morgan fingerprint density at radius 2 is 0.671 bits per heavy atom. The van der Waals surface area contributed by atoms with Crippen molar-refractivity contribution < 1.29 is 0 Å². The van der Waals surface area contributed by atoms with Crippen molar-refractivity contribution in [3.05, 3.63) is 266 Å². The monoisotopic (exact) mass is 1070 g/mol. The van der Waals surface area contributed by atoms with Crippen LogP contribution in [-0.4, -0.2) is 9.13 Å². The third kappa shape index (κ3) is 6.75. The molecule has 0 amide bonds. The van der Waals surface area contributed by atoms with E-state index in [9.17, 15) is 10.5 Å². The smallest absolute Gasteiger partial charge is 0.102 e. The number of hydrogen-bond donors (Lipinski definition) is 0. The molecule has 0 unspecified atom stereocenters. The van der Waals surface area contributed by atoms with E-state index in [0.717, 1.165) is 125 Å². The van der Waals surface area contributed by atoms with Crippen LogP contribution in [0.1, 0.15) is 11.1 Å². The van der Waals surface area contributed by atoms with Gasteiger partial charge in [0.05, 0.1) is 54.0 Å². The molecule has 82 heavy (non-hydrogen) atoms. The minimum atomic E-state index is 0.423. The molecule has 17 rings (SSSR count). The van der Waals surface area contributed by atoms with Gasteiger partial charge < -0.3 is 9.13 Å². The number of fused-ring (bicyclic) bond motifs is 16. The zero-order valence-corrected chi connectivity index (χ0v) is 45.5. The van der Waals surface area contributed by atoms with E-state index in [1.807, 2.05) is 0 Å². The second kappa shape index (κ2) is 18.0. The van der Waals surface area contributed by atoms with Crippen molar-refractivity contribution in [1.82, 2.24) is 9.13 Å². The van der Waals surface area contributed by atoms with E-state index in [2.05, 4.69) is 276 Å². The summed E-state index contributed by atoms with van der Waals surface area (Å²) in [5.41, 5.74) is 14.0. The summed E-state index contributed by atoms with van der Waals surface area (Å²) in [6.45, 7) is 0. The lowest BCUT2D eigenvalue weighted by molar-refractivity contribution is 1.13. The predicted octanol–water partition coefficient (Wildman–Crippen LogP) is 21.3. The first-order valence-corrected chi connectivity index (χ1v) is 29.1. The molecule has 0 saturated carbocycles. The average Bonchev–Trinajstić information content (AvgIpc) is 4.42. The average molecular weight is 1080 g/mol. The molecule has 0 bridgehead atoms. The van der Waals surface area contributed by atoms with Gasteiger partial charge >= 0.3 is 0 Å². The minimum absolute atomic E-state index is 0.423. The van der Waals surface area contributed by atoms with E-state index in [1.165, 1.54) is 31.3 Å². The molecule has 0 aliphatic heterocycles. The molecule has 0 saturated heterocycles. The molecule has 4 nitrogen and oxygen atoms in total. The van der Waals surface area contributed by atoms with Gasteiger partial charge in [-0.2, -0.15) is 10.5 Å². The number of aromatic nitrogens is 2. The van der Waals surface area contributed by atoms with Crippen LogP contribution in [0.4, 0.5) is 0 Å². The molecule has 0 aliphatic carbocycles. The molecule has 0 fully saturated rings. The van der Waals surface area contributed by atoms with Crippen LogP contribution in [0.15, 0.2) is 255 Å². The third-order valence-electron chi connectivity index (χ3n) is 17.0. The molecule has 4 heterocycles. The molecule has 4 aromatic heterocycles. The summed E-state index contributed by atoms with van der Waals surface area (Å²) >= 11 is 3.59. The molecule has 0 atom stereocenters. The third-order valence-corrected chi connectivity index (χ3v) is 19.3.